The Bertz CT molecular complexity index is 635. The predicted molar refractivity (Wildman–Crippen MR) is 93.4 cm³/mol. The highest BCUT2D eigenvalue weighted by Gasteiger charge is 2.17. The summed E-state index contributed by atoms with van der Waals surface area (Å²) in [5.74, 6) is 2.00. The van der Waals surface area contributed by atoms with Crippen molar-refractivity contribution in [2.24, 2.45) is 0 Å². The lowest BCUT2D eigenvalue weighted by molar-refractivity contribution is 0.324. The molecule has 0 bridgehead atoms. The summed E-state index contributed by atoms with van der Waals surface area (Å²) in [5, 5.41) is 0. The maximum atomic E-state index is 5.91. The van der Waals surface area contributed by atoms with E-state index in [2.05, 4.69) is 33.0 Å². The van der Waals surface area contributed by atoms with Crippen LogP contribution in [0.4, 0.5) is 11.4 Å². The number of nitrogens with two attached hydrogens (primary N) is 1. The fourth-order valence-corrected chi connectivity index (χ4v) is 3.76. The molecule has 0 aliphatic carbocycles. The molecule has 0 saturated carbocycles. The van der Waals surface area contributed by atoms with Gasteiger partial charge in [0, 0.05) is 27.4 Å². The molecule has 3 rings (SSSR count). The van der Waals surface area contributed by atoms with Gasteiger partial charge in [-0.05, 0) is 36.4 Å². The van der Waals surface area contributed by atoms with Crippen molar-refractivity contribution in [1.82, 2.24) is 0 Å². The van der Waals surface area contributed by atoms with Crippen LogP contribution in [0.25, 0.3) is 0 Å². The van der Waals surface area contributed by atoms with Crippen LogP contribution < -0.4 is 15.4 Å². The molecule has 2 aromatic rings. The molecule has 2 N–H and O–H groups in total. The molecule has 0 radical (unpaired) electrons. The second-order valence-electron chi connectivity index (χ2n) is 4.87. The average Bonchev–Trinajstić information content (AvgIpc) is 2.48. The fourth-order valence-electron chi connectivity index (χ4n) is 2.35. The van der Waals surface area contributed by atoms with Gasteiger partial charge in [0.05, 0.1) is 12.2 Å². The van der Waals surface area contributed by atoms with Crippen LogP contribution in [0.5, 0.6) is 5.75 Å². The number of halogens is 1. The van der Waals surface area contributed by atoms with Gasteiger partial charge in [-0.2, -0.15) is 0 Å². The van der Waals surface area contributed by atoms with E-state index in [9.17, 15) is 0 Å². The molecule has 1 aliphatic rings. The van der Waals surface area contributed by atoms with E-state index in [1.165, 1.54) is 10.6 Å². The van der Waals surface area contributed by atoms with Crippen LogP contribution in [0.3, 0.4) is 0 Å². The summed E-state index contributed by atoms with van der Waals surface area (Å²) in [5.41, 5.74) is 7.95. The first-order valence-corrected chi connectivity index (χ1v) is 8.66. The summed E-state index contributed by atoms with van der Waals surface area (Å²) < 4.78 is 6.86. The lowest BCUT2D eigenvalue weighted by atomic mass is 10.2. The van der Waals surface area contributed by atoms with E-state index in [4.69, 9.17) is 10.5 Å². The van der Waals surface area contributed by atoms with Crippen molar-refractivity contribution in [3.63, 3.8) is 0 Å². The van der Waals surface area contributed by atoms with Crippen molar-refractivity contribution in [2.45, 2.75) is 4.90 Å². The zero-order chi connectivity index (χ0) is 14.7. The van der Waals surface area contributed by atoms with Crippen LogP contribution in [0.2, 0.25) is 0 Å². The number of benzene rings is 2. The lowest BCUT2D eigenvalue weighted by Crippen LogP contribution is -2.33. The Labute approximate surface area is 137 Å². The molecule has 0 atom stereocenters. The Morgan fingerprint density at radius 2 is 2.14 bits per heavy atom. The maximum Gasteiger partial charge on any atom is 0.120 e. The normalized spacial score (nSPS) is 13.9. The zero-order valence-corrected chi connectivity index (χ0v) is 14.0. The van der Waals surface area contributed by atoms with Gasteiger partial charge >= 0.3 is 0 Å². The average molecular weight is 365 g/mol. The highest BCUT2D eigenvalue weighted by molar-refractivity contribution is 9.10. The minimum atomic E-state index is 0.662. The number of nitrogen functional groups attached to an aromatic ring is 1. The number of nitrogens with zero attached hydrogens (tertiary/aromatic N) is 1. The number of rotatable bonds is 4. The minimum Gasteiger partial charge on any atom is -0.492 e. The SMILES string of the molecule is Nc1ccc2c(c1)N(CCOc1cccc(Br)c1)CCS2. The molecule has 1 aliphatic heterocycles. The van der Waals surface area contributed by atoms with Crippen molar-refractivity contribution in [3.05, 3.63) is 46.9 Å². The quantitative estimate of drug-likeness (QED) is 0.831. The zero-order valence-electron chi connectivity index (χ0n) is 11.6. The first kappa shape index (κ1) is 14.6. The standard InChI is InChI=1S/C16H17BrN2OS/c17-12-2-1-3-14(10-12)20-8-6-19-7-9-21-16-5-4-13(18)11-15(16)19/h1-5,10-11H,6-9,18H2. The van der Waals surface area contributed by atoms with Gasteiger partial charge in [0.1, 0.15) is 12.4 Å². The van der Waals surface area contributed by atoms with E-state index >= 15 is 0 Å². The summed E-state index contributed by atoms with van der Waals surface area (Å²) in [6.45, 7) is 2.56. The Balaban J connectivity index is 1.63. The third kappa shape index (κ3) is 3.66. The van der Waals surface area contributed by atoms with Gasteiger partial charge in [0.25, 0.3) is 0 Å². The van der Waals surface area contributed by atoms with Crippen molar-refractivity contribution in [2.75, 3.05) is 36.1 Å². The third-order valence-electron chi connectivity index (χ3n) is 3.37. The molecule has 0 fully saturated rings. The smallest absolute Gasteiger partial charge is 0.120 e. The highest BCUT2D eigenvalue weighted by Crippen LogP contribution is 2.35. The second-order valence-corrected chi connectivity index (χ2v) is 6.92. The summed E-state index contributed by atoms with van der Waals surface area (Å²) in [6, 6.07) is 14.1. The minimum absolute atomic E-state index is 0.662. The Kier molecular flexibility index (Phi) is 4.60. The van der Waals surface area contributed by atoms with E-state index in [1.54, 1.807) is 0 Å². The number of fused-ring (bicyclic) bond motifs is 1. The Morgan fingerprint density at radius 1 is 1.24 bits per heavy atom. The van der Waals surface area contributed by atoms with Crippen LogP contribution >= 0.6 is 27.7 Å². The summed E-state index contributed by atoms with van der Waals surface area (Å²) in [6.07, 6.45) is 0. The van der Waals surface area contributed by atoms with E-state index in [0.717, 1.165) is 34.8 Å². The van der Waals surface area contributed by atoms with E-state index in [0.29, 0.717) is 6.61 Å². The van der Waals surface area contributed by atoms with Crippen molar-refractivity contribution < 1.29 is 4.74 Å². The van der Waals surface area contributed by atoms with E-state index in [-0.39, 0.29) is 0 Å². The predicted octanol–water partition coefficient (Wildman–Crippen LogP) is 4.02. The van der Waals surface area contributed by atoms with Gasteiger partial charge in [-0.1, -0.05) is 22.0 Å². The molecule has 0 amide bonds. The van der Waals surface area contributed by atoms with Gasteiger partial charge in [-0.3, -0.25) is 0 Å². The molecule has 110 valence electrons. The molecule has 1 heterocycles. The van der Waals surface area contributed by atoms with E-state index in [1.807, 2.05) is 42.1 Å². The van der Waals surface area contributed by atoms with Gasteiger partial charge in [0.2, 0.25) is 0 Å². The largest absolute Gasteiger partial charge is 0.492 e. The van der Waals surface area contributed by atoms with Crippen LogP contribution in [-0.2, 0) is 0 Å². The first-order chi connectivity index (χ1) is 10.2. The van der Waals surface area contributed by atoms with Crippen LogP contribution in [-0.4, -0.2) is 25.4 Å². The third-order valence-corrected chi connectivity index (χ3v) is 4.90. The molecule has 2 aromatic carbocycles. The molecular formula is C16H17BrN2OS. The molecule has 3 nitrogen and oxygen atoms in total. The molecule has 0 saturated heterocycles. The van der Waals surface area contributed by atoms with Gasteiger partial charge in [-0.25, -0.2) is 0 Å². The fraction of sp³-hybridized carbons (Fsp3) is 0.250. The number of hydrogen-bond donors (Lipinski definition) is 1. The van der Waals surface area contributed by atoms with Crippen molar-refractivity contribution in [3.8, 4) is 5.75 Å². The monoisotopic (exact) mass is 364 g/mol. The molecular weight excluding hydrogens is 348 g/mol. The number of anilines is 2. The number of ether oxygens (including phenoxy) is 1. The van der Waals surface area contributed by atoms with Gasteiger partial charge in [-0.15, -0.1) is 11.8 Å². The lowest BCUT2D eigenvalue weighted by Gasteiger charge is -2.31. The molecule has 5 heteroatoms. The number of thioether (sulfide) groups is 1. The van der Waals surface area contributed by atoms with Crippen LogP contribution in [0.15, 0.2) is 51.8 Å². The maximum absolute atomic E-state index is 5.91. The summed E-state index contributed by atoms with van der Waals surface area (Å²) in [7, 11) is 0. The topological polar surface area (TPSA) is 38.5 Å². The highest BCUT2D eigenvalue weighted by atomic mass is 79.9. The second kappa shape index (κ2) is 6.62. The van der Waals surface area contributed by atoms with Gasteiger partial charge in [0.15, 0.2) is 0 Å². The van der Waals surface area contributed by atoms with Crippen molar-refractivity contribution in [1.29, 1.82) is 0 Å². The first-order valence-electron chi connectivity index (χ1n) is 6.88. The summed E-state index contributed by atoms with van der Waals surface area (Å²) in [4.78, 5) is 3.65. The van der Waals surface area contributed by atoms with Crippen LogP contribution in [0.1, 0.15) is 0 Å². The Morgan fingerprint density at radius 3 is 3.00 bits per heavy atom. The molecule has 21 heavy (non-hydrogen) atoms. The Hall–Kier alpha value is -1.33. The molecule has 0 aromatic heterocycles. The number of hydrogen-bond acceptors (Lipinski definition) is 4. The van der Waals surface area contributed by atoms with Gasteiger partial charge < -0.3 is 15.4 Å². The molecule has 0 spiro atoms. The van der Waals surface area contributed by atoms with Crippen LogP contribution in [0, 0.1) is 0 Å². The van der Waals surface area contributed by atoms with Crippen molar-refractivity contribution >= 4 is 39.1 Å². The molecule has 0 unspecified atom stereocenters. The van der Waals surface area contributed by atoms with E-state index < -0.39 is 0 Å². The summed E-state index contributed by atoms with van der Waals surface area (Å²) >= 11 is 5.34.